The van der Waals surface area contributed by atoms with E-state index in [4.69, 9.17) is 17.4 Å². The van der Waals surface area contributed by atoms with Crippen molar-refractivity contribution >= 4 is 34.9 Å². The summed E-state index contributed by atoms with van der Waals surface area (Å²) in [6.07, 6.45) is 4.00. The first-order valence-electron chi connectivity index (χ1n) is 8.06. The number of imidazole rings is 1. The molecule has 0 unspecified atom stereocenters. The Morgan fingerprint density at radius 2 is 2.12 bits per heavy atom. The number of nitrogens with zero attached hydrogens (tertiary/aromatic N) is 2. The predicted molar refractivity (Wildman–Crippen MR) is 99.8 cm³/mol. The predicted octanol–water partition coefficient (Wildman–Crippen LogP) is 3.76. The van der Waals surface area contributed by atoms with Crippen LogP contribution in [0.4, 0.5) is 0 Å². The lowest BCUT2D eigenvalue weighted by molar-refractivity contribution is 0.0946. The highest BCUT2D eigenvalue weighted by atomic mass is 35.5. The van der Waals surface area contributed by atoms with E-state index in [2.05, 4.69) is 22.5 Å². The minimum Gasteiger partial charge on any atom is -0.293 e. The average molecular weight is 373 g/mol. The van der Waals surface area contributed by atoms with Crippen molar-refractivity contribution in [3.63, 3.8) is 0 Å². The van der Waals surface area contributed by atoms with Crippen molar-refractivity contribution in [2.45, 2.75) is 29.4 Å². The van der Waals surface area contributed by atoms with Gasteiger partial charge in [0, 0.05) is 22.8 Å². The highest BCUT2D eigenvalue weighted by Crippen LogP contribution is 2.42. The van der Waals surface area contributed by atoms with Crippen molar-refractivity contribution in [2.24, 2.45) is 5.84 Å². The Morgan fingerprint density at radius 1 is 1.36 bits per heavy atom. The van der Waals surface area contributed by atoms with Crippen LogP contribution in [0, 0.1) is 0 Å². The molecule has 0 aliphatic heterocycles. The summed E-state index contributed by atoms with van der Waals surface area (Å²) in [6, 6.07) is 12.1. The van der Waals surface area contributed by atoms with Crippen LogP contribution in [-0.2, 0) is 5.75 Å². The Labute approximate surface area is 154 Å². The quantitative estimate of drug-likeness (QED) is 0.309. The molecular weight excluding hydrogens is 356 g/mol. The smallest absolute Gasteiger partial charge is 0.284 e. The molecule has 1 saturated carbocycles. The summed E-state index contributed by atoms with van der Waals surface area (Å²) in [4.78, 5) is 17.9. The number of aromatic nitrogens is 2. The first-order valence-corrected chi connectivity index (χ1v) is 9.43. The molecule has 25 heavy (non-hydrogen) atoms. The second-order valence-electron chi connectivity index (χ2n) is 6.09. The van der Waals surface area contributed by atoms with Crippen molar-refractivity contribution in [1.82, 2.24) is 14.8 Å². The molecule has 7 heteroatoms. The lowest BCUT2D eigenvalue weighted by Gasteiger charge is -2.07. The topological polar surface area (TPSA) is 72.4 Å². The van der Waals surface area contributed by atoms with Crippen LogP contribution in [0.1, 0.15) is 40.5 Å². The van der Waals surface area contributed by atoms with Crippen LogP contribution in [0.15, 0.2) is 47.5 Å². The fourth-order valence-corrected chi connectivity index (χ4v) is 4.08. The van der Waals surface area contributed by atoms with Gasteiger partial charge in [0.1, 0.15) is 5.69 Å². The molecule has 0 atom stereocenters. The van der Waals surface area contributed by atoms with Gasteiger partial charge in [-0.25, -0.2) is 10.8 Å². The van der Waals surface area contributed by atoms with E-state index in [0.29, 0.717) is 22.3 Å². The molecule has 0 radical (unpaired) electrons. The molecule has 1 fully saturated rings. The van der Waals surface area contributed by atoms with Gasteiger partial charge in [-0.15, -0.1) is 11.8 Å². The van der Waals surface area contributed by atoms with Crippen molar-refractivity contribution < 1.29 is 4.79 Å². The first-order chi connectivity index (χ1) is 12.2. The number of fused-ring (bicyclic) bond motifs is 1. The van der Waals surface area contributed by atoms with Crippen LogP contribution in [0.3, 0.4) is 0 Å². The summed E-state index contributed by atoms with van der Waals surface area (Å²) < 4.78 is 1.77. The number of hydrogen-bond acceptors (Lipinski definition) is 4. The van der Waals surface area contributed by atoms with Crippen molar-refractivity contribution in [3.8, 4) is 0 Å². The molecule has 2 aromatic heterocycles. The minimum atomic E-state index is -0.337. The summed E-state index contributed by atoms with van der Waals surface area (Å²) in [5, 5.41) is 0.538. The molecular formula is C18H17ClN4OS. The maximum Gasteiger partial charge on any atom is 0.284 e. The summed E-state index contributed by atoms with van der Waals surface area (Å²) in [5.74, 6) is 6.19. The number of nitrogens with two attached hydrogens (primary N) is 1. The number of carbonyl (C=O) groups is 1. The number of benzene rings is 1. The molecule has 1 aliphatic rings. The molecule has 1 aromatic carbocycles. The number of nitrogens with one attached hydrogen (secondary N) is 1. The van der Waals surface area contributed by atoms with Gasteiger partial charge in [-0.2, -0.15) is 0 Å². The zero-order valence-electron chi connectivity index (χ0n) is 13.4. The van der Waals surface area contributed by atoms with E-state index in [0.717, 1.165) is 29.2 Å². The maximum absolute atomic E-state index is 12.3. The molecule has 1 amide bonds. The number of pyridine rings is 1. The summed E-state index contributed by atoms with van der Waals surface area (Å²) in [5.41, 5.74) is 5.34. The summed E-state index contributed by atoms with van der Waals surface area (Å²) >= 11 is 8.11. The van der Waals surface area contributed by atoms with E-state index in [9.17, 15) is 4.79 Å². The molecule has 3 N–H and O–H groups in total. The van der Waals surface area contributed by atoms with Gasteiger partial charge in [-0.05, 0) is 24.5 Å². The Kier molecular flexibility index (Phi) is 4.41. The van der Waals surface area contributed by atoms with Crippen molar-refractivity contribution in [2.75, 3.05) is 0 Å². The number of amides is 1. The lowest BCUT2D eigenvalue weighted by Crippen LogP contribution is -2.31. The fraction of sp³-hybridized carbons (Fsp3) is 0.222. The van der Waals surface area contributed by atoms with Gasteiger partial charge in [0.25, 0.3) is 5.91 Å². The van der Waals surface area contributed by atoms with Crippen molar-refractivity contribution in [1.29, 1.82) is 0 Å². The number of hydrogen-bond donors (Lipinski definition) is 2. The molecule has 128 valence electrons. The third-order valence-corrected chi connectivity index (χ3v) is 5.55. The van der Waals surface area contributed by atoms with Crippen LogP contribution in [0.25, 0.3) is 5.65 Å². The molecule has 0 saturated heterocycles. The summed E-state index contributed by atoms with van der Waals surface area (Å²) in [7, 11) is 0. The lowest BCUT2D eigenvalue weighted by atomic mass is 10.2. The van der Waals surface area contributed by atoms with Crippen LogP contribution >= 0.6 is 23.4 Å². The number of thioether (sulfide) groups is 1. The van der Waals surface area contributed by atoms with Gasteiger partial charge >= 0.3 is 0 Å². The van der Waals surface area contributed by atoms with Gasteiger partial charge in [0.15, 0.2) is 5.65 Å². The van der Waals surface area contributed by atoms with Crippen LogP contribution in [-0.4, -0.2) is 15.3 Å². The second kappa shape index (κ2) is 6.71. The highest BCUT2D eigenvalue weighted by Gasteiger charge is 2.33. The monoisotopic (exact) mass is 372 g/mol. The van der Waals surface area contributed by atoms with E-state index in [1.54, 1.807) is 16.2 Å². The van der Waals surface area contributed by atoms with Crippen LogP contribution in [0.5, 0.6) is 0 Å². The highest BCUT2D eigenvalue weighted by molar-refractivity contribution is 7.98. The molecule has 1 aliphatic carbocycles. The molecule has 0 spiro atoms. The molecule has 3 aromatic rings. The molecule has 0 bridgehead atoms. The minimum absolute atomic E-state index is 0.323. The van der Waals surface area contributed by atoms with Crippen molar-refractivity contribution in [3.05, 3.63) is 64.6 Å². The average Bonchev–Trinajstić information content (AvgIpc) is 3.41. The number of hydrazine groups is 1. The number of carbonyl (C=O) groups excluding carboxylic acids is 1. The molecule has 5 nitrogen and oxygen atoms in total. The third-order valence-electron chi connectivity index (χ3n) is 4.24. The van der Waals surface area contributed by atoms with Gasteiger partial charge < -0.3 is 0 Å². The van der Waals surface area contributed by atoms with E-state index < -0.39 is 0 Å². The molecule has 4 rings (SSSR count). The van der Waals surface area contributed by atoms with Gasteiger partial charge in [0.05, 0.1) is 10.7 Å². The van der Waals surface area contributed by atoms with E-state index in [1.165, 1.54) is 5.56 Å². The zero-order valence-corrected chi connectivity index (χ0v) is 15.0. The Balaban J connectivity index is 1.73. The van der Waals surface area contributed by atoms with E-state index in [1.807, 2.05) is 30.5 Å². The van der Waals surface area contributed by atoms with Gasteiger partial charge in [0.2, 0.25) is 0 Å². The summed E-state index contributed by atoms with van der Waals surface area (Å²) in [6.45, 7) is 0. The largest absolute Gasteiger partial charge is 0.293 e. The standard InChI is InChI=1S/C18H17ClN4OS/c19-14-8-13(25-10-11-4-2-1-3-5-11)9-23-16(18(24)22-20)15(12-6-7-12)21-17(14)23/h1-5,8-9,12H,6-7,10,20H2,(H,22,24). The second-order valence-corrected chi connectivity index (χ2v) is 7.54. The Bertz CT molecular complexity index is 937. The van der Waals surface area contributed by atoms with E-state index >= 15 is 0 Å². The van der Waals surface area contributed by atoms with Crippen LogP contribution < -0.4 is 11.3 Å². The zero-order chi connectivity index (χ0) is 17.4. The van der Waals surface area contributed by atoms with Gasteiger partial charge in [-0.3, -0.25) is 14.6 Å². The van der Waals surface area contributed by atoms with Gasteiger partial charge in [-0.1, -0.05) is 41.9 Å². The fourth-order valence-electron chi connectivity index (χ4n) is 2.85. The first kappa shape index (κ1) is 16.4. The molecule has 2 heterocycles. The van der Waals surface area contributed by atoms with E-state index in [-0.39, 0.29) is 5.91 Å². The Hall–Kier alpha value is -2.02. The number of rotatable bonds is 5. The third kappa shape index (κ3) is 3.25. The number of halogens is 1. The van der Waals surface area contributed by atoms with Crippen LogP contribution in [0.2, 0.25) is 5.02 Å². The maximum atomic E-state index is 12.3. The Morgan fingerprint density at radius 3 is 2.80 bits per heavy atom. The number of nitrogen functional groups attached to an aromatic ring is 1. The SMILES string of the molecule is NNC(=O)c1c(C2CC2)nc2c(Cl)cc(SCc3ccccc3)cn12. The normalized spacial score (nSPS) is 14.0.